The highest BCUT2D eigenvalue weighted by atomic mass is 127. The van der Waals surface area contributed by atoms with Crippen molar-refractivity contribution in [3.63, 3.8) is 0 Å². The Bertz CT molecular complexity index is 370. The number of aromatic nitrogens is 3. The molecule has 0 spiro atoms. The molecule has 0 amide bonds. The zero-order chi connectivity index (χ0) is 8.39. The molecular weight excluding hydrogens is 277 g/mol. The molecule has 4 heteroatoms. The number of pyridine rings is 1. The van der Waals surface area contributed by atoms with Crippen LogP contribution in [0.2, 0.25) is 0 Å². The van der Waals surface area contributed by atoms with Crippen LogP contribution in [0.3, 0.4) is 0 Å². The zero-order valence-electron chi connectivity index (χ0n) is 7.24. The van der Waals surface area contributed by atoms with Gasteiger partial charge in [-0.15, -0.1) is 9.78 Å². The van der Waals surface area contributed by atoms with Gasteiger partial charge in [0.1, 0.15) is 5.69 Å². The van der Waals surface area contributed by atoms with Gasteiger partial charge in [0.25, 0.3) is 0 Å². The van der Waals surface area contributed by atoms with E-state index in [1.165, 1.54) is 0 Å². The van der Waals surface area contributed by atoms with Crippen LogP contribution < -0.4 is 29.1 Å². The number of hydrogen-bond acceptors (Lipinski definition) is 1. The molecule has 0 unspecified atom stereocenters. The highest BCUT2D eigenvalue weighted by Gasteiger charge is 2.02. The number of aromatic amines is 1. The standard InChI is InChI=1S/C9H9N3.HI/c1-8-7-10-5-3-9(8)12-6-2-4-11-12;/h2-7H,1H3;1H. The molecule has 0 atom stereocenters. The van der Waals surface area contributed by atoms with Gasteiger partial charge in [0.2, 0.25) is 0 Å². The van der Waals surface area contributed by atoms with E-state index in [0.29, 0.717) is 0 Å². The lowest BCUT2D eigenvalue weighted by atomic mass is 10.3. The second-order valence-corrected chi connectivity index (χ2v) is 2.67. The smallest absolute Gasteiger partial charge is 0.193 e. The largest absolute Gasteiger partial charge is 1.00 e. The Labute approximate surface area is 93.8 Å². The molecule has 2 aromatic heterocycles. The fraction of sp³-hybridized carbons (Fsp3) is 0.111. The maximum absolute atomic E-state index is 4.03. The first-order chi connectivity index (χ1) is 5.88. The normalized spacial score (nSPS) is 9.31. The van der Waals surface area contributed by atoms with Crippen LogP contribution in [0.15, 0.2) is 36.9 Å². The third kappa shape index (κ3) is 2.06. The number of hydrogen-bond donors (Lipinski definition) is 0. The monoisotopic (exact) mass is 287 g/mol. The molecule has 1 N–H and O–H groups in total. The second-order valence-electron chi connectivity index (χ2n) is 2.67. The second kappa shape index (κ2) is 4.36. The van der Waals surface area contributed by atoms with Gasteiger partial charge < -0.3 is 24.0 Å². The lowest BCUT2D eigenvalue weighted by Gasteiger charge is -1.98. The van der Waals surface area contributed by atoms with Crippen molar-refractivity contribution in [2.24, 2.45) is 0 Å². The minimum Gasteiger partial charge on any atom is -1.00 e. The van der Waals surface area contributed by atoms with Gasteiger partial charge in [-0.2, -0.15) is 0 Å². The molecule has 0 aromatic carbocycles. The molecule has 2 rings (SSSR count). The summed E-state index contributed by atoms with van der Waals surface area (Å²) in [4.78, 5) is 4.03. The third-order valence-corrected chi connectivity index (χ3v) is 1.80. The molecule has 2 heterocycles. The third-order valence-electron chi connectivity index (χ3n) is 1.80. The van der Waals surface area contributed by atoms with Crippen molar-refractivity contribution in [1.29, 1.82) is 0 Å². The van der Waals surface area contributed by atoms with E-state index in [9.17, 15) is 0 Å². The number of nitrogens with zero attached hydrogens (tertiary/aromatic N) is 2. The van der Waals surface area contributed by atoms with Crippen LogP contribution in [0.1, 0.15) is 5.56 Å². The maximum atomic E-state index is 4.03. The van der Waals surface area contributed by atoms with Crippen LogP contribution >= 0.6 is 0 Å². The highest BCUT2D eigenvalue weighted by Crippen LogP contribution is 2.07. The SMILES string of the molecule is Cc1cnccc1-n1ccc[nH+]1.[I-]. The molecule has 0 radical (unpaired) electrons. The topological polar surface area (TPSA) is 32.0 Å². The van der Waals surface area contributed by atoms with Crippen molar-refractivity contribution >= 4 is 0 Å². The summed E-state index contributed by atoms with van der Waals surface area (Å²) in [5.41, 5.74) is 2.29. The van der Waals surface area contributed by atoms with Gasteiger partial charge in [-0.1, -0.05) is 0 Å². The zero-order valence-corrected chi connectivity index (χ0v) is 9.39. The fourth-order valence-electron chi connectivity index (χ4n) is 1.18. The van der Waals surface area contributed by atoms with Gasteiger partial charge >= 0.3 is 0 Å². The molecule has 0 aliphatic heterocycles. The van der Waals surface area contributed by atoms with Gasteiger partial charge in [0.05, 0.1) is 6.20 Å². The van der Waals surface area contributed by atoms with Gasteiger partial charge in [-0.25, -0.2) is 0 Å². The highest BCUT2D eigenvalue weighted by molar-refractivity contribution is 5.35. The first-order valence-corrected chi connectivity index (χ1v) is 3.84. The molecule has 68 valence electrons. The van der Waals surface area contributed by atoms with Crippen molar-refractivity contribution in [2.75, 3.05) is 0 Å². The molecule has 0 aliphatic rings. The number of aryl methyl sites for hydroxylation is 1. The summed E-state index contributed by atoms with van der Waals surface area (Å²) >= 11 is 0. The van der Waals surface area contributed by atoms with Crippen molar-refractivity contribution in [3.05, 3.63) is 42.5 Å². The number of nitrogens with one attached hydrogen (secondary N) is 1. The van der Waals surface area contributed by atoms with E-state index in [0.717, 1.165) is 11.3 Å². The van der Waals surface area contributed by atoms with Crippen LogP contribution in [0, 0.1) is 6.92 Å². The van der Waals surface area contributed by atoms with Crippen LogP contribution in [-0.4, -0.2) is 9.67 Å². The van der Waals surface area contributed by atoms with Gasteiger partial charge in [-0.3, -0.25) is 4.98 Å². The minimum absolute atomic E-state index is 0. The Morgan fingerprint density at radius 1 is 1.46 bits per heavy atom. The van der Waals surface area contributed by atoms with Crippen molar-refractivity contribution < 1.29 is 29.1 Å². The molecule has 2 aromatic rings. The van der Waals surface area contributed by atoms with Crippen molar-refractivity contribution in [3.8, 4) is 5.69 Å². The lowest BCUT2D eigenvalue weighted by Crippen LogP contribution is -3.00. The van der Waals surface area contributed by atoms with Crippen LogP contribution in [-0.2, 0) is 0 Å². The Morgan fingerprint density at radius 2 is 2.31 bits per heavy atom. The van der Waals surface area contributed by atoms with Crippen LogP contribution in [0.5, 0.6) is 0 Å². The number of halogens is 1. The average molecular weight is 287 g/mol. The van der Waals surface area contributed by atoms with E-state index in [2.05, 4.69) is 10.1 Å². The summed E-state index contributed by atoms with van der Waals surface area (Å²) in [6.07, 6.45) is 7.50. The Hall–Kier alpha value is -0.910. The Balaban J connectivity index is 0.000000845. The summed E-state index contributed by atoms with van der Waals surface area (Å²) in [5.74, 6) is 0. The fourth-order valence-corrected chi connectivity index (χ4v) is 1.18. The Kier molecular flexibility index (Phi) is 3.41. The summed E-state index contributed by atoms with van der Waals surface area (Å²) < 4.78 is 1.96. The van der Waals surface area contributed by atoms with E-state index < -0.39 is 0 Å². The number of H-pyrrole nitrogens is 1. The predicted molar refractivity (Wildman–Crippen MR) is 44.9 cm³/mol. The molecular formula is C9H10IN3. The maximum Gasteiger partial charge on any atom is 0.193 e. The van der Waals surface area contributed by atoms with E-state index in [1.807, 2.05) is 42.3 Å². The molecule has 0 saturated heterocycles. The van der Waals surface area contributed by atoms with Gasteiger partial charge in [0.15, 0.2) is 6.20 Å². The molecule has 0 saturated carbocycles. The quantitative estimate of drug-likeness (QED) is 0.558. The van der Waals surface area contributed by atoms with Gasteiger partial charge in [0, 0.05) is 18.5 Å². The molecule has 13 heavy (non-hydrogen) atoms. The van der Waals surface area contributed by atoms with E-state index in [4.69, 9.17) is 0 Å². The lowest BCUT2D eigenvalue weighted by molar-refractivity contribution is -0.474. The molecule has 3 nitrogen and oxygen atoms in total. The first-order valence-electron chi connectivity index (χ1n) is 3.84. The minimum atomic E-state index is 0. The summed E-state index contributed by atoms with van der Waals surface area (Å²) in [5, 5.41) is 3.08. The van der Waals surface area contributed by atoms with E-state index in [-0.39, 0.29) is 24.0 Å². The van der Waals surface area contributed by atoms with Crippen LogP contribution in [0.25, 0.3) is 5.69 Å². The molecule has 0 fully saturated rings. The average Bonchev–Trinajstić information content (AvgIpc) is 2.57. The van der Waals surface area contributed by atoms with E-state index >= 15 is 0 Å². The predicted octanol–water partition coefficient (Wildman–Crippen LogP) is -2.00. The van der Waals surface area contributed by atoms with Crippen LogP contribution in [0.4, 0.5) is 0 Å². The number of rotatable bonds is 1. The first kappa shape index (κ1) is 10.2. The summed E-state index contributed by atoms with van der Waals surface area (Å²) in [7, 11) is 0. The van der Waals surface area contributed by atoms with E-state index in [1.54, 1.807) is 6.20 Å². The summed E-state index contributed by atoms with van der Waals surface area (Å²) in [6, 6.07) is 3.94. The Morgan fingerprint density at radius 3 is 2.92 bits per heavy atom. The molecule has 0 bridgehead atoms. The van der Waals surface area contributed by atoms with Gasteiger partial charge in [-0.05, 0) is 18.6 Å². The summed E-state index contributed by atoms with van der Waals surface area (Å²) in [6.45, 7) is 2.04. The van der Waals surface area contributed by atoms with Crippen molar-refractivity contribution in [2.45, 2.75) is 6.92 Å². The van der Waals surface area contributed by atoms with Crippen molar-refractivity contribution in [1.82, 2.24) is 9.67 Å². The molecule has 0 aliphatic carbocycles.